The Morgan fingerprint density at radius 1 is 0.750 bits per heavy atom. The molecule has 0 aliphatic carbocycles. The number of rotatable bonds is 6. The number of fused-ring (bicyclic) bond motifs is 4. The van der Waals surface area contributed by atoms with Crippen LogP contribution in [0.4, 0.5) is 0 Å². The molecule has 0 amide bonds. The largest absolute Gasteiger partial charge is 0.316 e. The Bertz CT molecular complexity index is 1680. The van der Waals surface area contributed by atoms with Crippen LogP contribution < -0.4 is 0 Å². The third kappa shape index (κ3) is 3.64. The van der Waals surface area contributed by atoms with Gasteiger partial charge in [0.1, 0.15) is 11.6 Å². The van der Waals surface area contributed by atoms with Crippen LogP contribution in [0.3, 0.4) is 0 Å². The van der Waals surface area contributed by atoms with E-state index in [0.29, 0.717) is 0 Å². The van der Waals surface area contributed by atoms with Crippen LogP contribution in [0.25, 0.3) is 39.4 Å². The SMILES string of the molecule is C=C/C=C\C1=CC(/C=C/c2nc3ccccc3n2-c2ccccc2)C(C=C)n2c1nc1ccccc12. The number of nitrogens with zero attached hydrogens (tertiary/aromatic N) is 4. The van der Waals surface area contributed by atoms with Gasteiger partial charge in [-0.25, -0.2) is 9.97 Å². The molecule has 6 rings (SSSR count). The zero-order valence-corrected chi connectivity index (χ0v) is 19.9. The highest BCUT2D eigenvalue weighted by atomic mass is 15.1. The van der Waals surface area contributed by atoms with Gasteiger partial charge in [-0.1, -0.05) is 85.5 Å². The van der Waals surface area contributed by atoms with Gasteiger partial charge >= 0.3 is 0 Å². The van der Waals surface area contributed by atoms with E-state index in [9.17, 15) is 0 Å². The summed E-state index contributed by atoms with van der Waals surface area (Å²) in [5.41, 5.74) is 6.29. The Morgan fingerprint density at radius 2 is 1.44 bits per heavy atom. The lowest BCUT2D eigenvalue weighted by molar-refractivity contribution is 0.525. The van der Waals surface area contributed by atoms with Gasteiger partial charge in [-0.05, 0) is 42.5 Å². The minimum Gasteiger partial charge on any atom is -0.316 e. The van der Waals surface area contributed by atoms with E-state index in [1.54, 1.807) is 6.08 Å². The second kappa shape index (κ2) is 9.16. The van der Waals surface area contributed by atoms with Crippen molar-refractivity contribution < 1.29 is 0 Å². The first-order chi connectivity index (χ1) is 17.8. The van der Waals surface area contributed by atoms with Crippen molar-refractivity contribution in [1.82, 2.24) is 19.1 Å². The summed E-state index contributed by atoms with van der Waals surface area (Å²) in [6.07, 6.45) is 14.5. The molecule has 0 N–H and O–H groups in total. The number of benzene rings is 3. The summed E-state index contributed by atoms with van der Waals surface area (Å²) in [5.74, 6) is 1.91. The number of aromatic nitrogens is 4. The molecule has 0 spiro atoms. The van der Waals surface area contributed by atoms with Gasteiger partial charge in [0.25, 0.3) is 0 Å². The van der Waals surface area contributed by atoms with E-state index >= 15 is 0 Å². The van der Waals surface area contributed by atoms with E-state index < -0.39 is 0 Å². The molecule has 0 bridgehead atoms. The van der Waals surface area contributed by atoms with Gasteiger partial charge in [0.05, 0.1) is 28.1 Å². The maximum Gasteiger partial charge on any atom is 0.141 e. The quantitative estimate of drug-likeness (QED) is 0.191. The molecule has 2 aromatic heterocycles. The number of allylic oxidation sites excluding steroid dienone is 7. The zero-order chi connectivity index (χ0) is 24.5. The molecule has 4 heteroatoms. The zero-order valence-electron chi connectivity index (χ0n) is 19.9. The molecule has 174 valence electrons. The summed E-state index contributed by atoms with van der Waals surface area (Å²) < 4.78 is 4.50. The molecule has 4 nitrogen and oxygen atoms in total. The average Bonchev–Trinajstić information content (AvgIpc) is 3.49. The molecule has 2 unspecified atom stereocenters. The van der Waals surface area contributed by atoms with Gasteiger partial charge in [0.15, 0.2) is 0 Å². The molecule has 3 aromatic carbocycles. The average molecular weight is 467 g/mol. The third-order valence-corrected chi connectivity index (χ3v) is 6.64. The lowest BCUT2D eigenvalue weighted by Gasteiger charge is -2.28. The van der Waals surface area contributed by atoms with Gasteiger partial charge in [-0.3, -0.25) is 4.57 Å². The molecule has 0 saturated carbocycles. The highest BCUT2D eigenvalue weighted by molar-refractivity contribution is 5.84. The highest BCUT2D eigenvalue weighted by Crippen LogP contribution is 2.38. The van der Waals surface area contributed by atoms with E-state index in [0.717, 1.165) is 45.0 Å². The predicted octanol–water partition coefficient (Wildman–Crippen LogP) is 7.57. The van der Waals surface area contributed by atoms with Crippen molar-refractivity contribution in [2.75, 3.05) is 0 Å². The smallest absolute Gasteiger partial charge is 0.141 e. The molecule has 0 fully saturated rings. The second-order valence-electron chi connectivity index (χ2n) is 8.80. The van der Waals surface area contributed by atoms with E-state index in [2.05, 4.69) is 107 Å². The van der Waals surface area contributed by atoms with Crippen LogP contribution in [0.5, 0.6) is 0 Å². The van der Waals surface area contributed by atoms with Crippen LogP contribution in [0, 0.1) is 5.92 Å². The van der Waals surface area contributed by atoms with Crippen LogP contribution in [-0.4, -0.2) is 19.1 Å². The number of hydrogen-bond acceptors (Lipinski definition) is 2. The third-order valence-electron chi connectivity index (χ3n) is 6.64. The van der Waals surface area contributed by atoms with Gasteiger partial charge < -0.3 is 4.57 Å². The lowest BCUT2D eigenvalue weighted by atomic mass is 9.91. The van der Waals surface area contributed by atoms with Crippen molar-refractivity contribution in [3.8, 4) is 5.69 Å². The number of imidazole rings is 2. The Balaban J connectivity index is 1.49. The molecule has 36 heavy (non-hydrogen) atoms. The number of hydrogen-bond donors (Lipinski definition) is 0. The lowest BCUT2D eigenvalue weighted by Crippen LogP contribution is -2.21. The van der Waals surface area contributed by atoms with E-state index in [4.69, 9.17) is 9.97 Å². The summed E-state index contributed by atoms with van der Waals surface area (Å²) in [5, 5.41) is 0. The molecule has 1 aliphatic rings. The normalized spacial score (nSPS) is 17.6. The summed E-state index contributed by atoms with van der Waals surface area (Å²) in [6.45, 7) is 8.04. The molecule has 2 atom stereocenters. The first-order valence-corrected chi connectivity index (χ1v) is 12.1. The maximum absolute atomic E-state index is 4.96. The molecule has 3 heterocycles. The molecule has 0 radical (unpaired) electrons. The Morgan fingerprint density at radius 3 is 2.19 bits per heavy atom. The van der Waals surface area contributed by atoms with Crippen molar-refractivity contribution in [2.45, 2.75) is 6.04 Å². The van der Waals surface area contributed by atoms with Crippen molar-refractivity contribution in [2.24, 2.45) is 5.92 Å². The minimum atomic E-state index is 0.0269. The topological polar surface area (TPSA) is 35.6 Å². The van der Waals surface area contributed by atoms with E-state index in [-0.39, 0.29) is 12.0 Å². The summed E-state index contributed by atoms with van der Waals surface area (Å²) in [6, 6.07) is 26.9. The monoisotopic (exact) mass is 466 g/mol. The molecule has 1 aliphatic heterocycles. The molecule has 0 saturated heterocycles. The Labute approximate surface area is 210 Å². The van der Waals surface area contributed by atoms with Gasteiger partial charge in [0.2, 0.25) is 0 Å². The van der Waals surface area contributed by atoms with Crippen LogP contribution >= 0.6 is 0 Å². The standard InChI is InChI=1S/C32H26N4/c1-3-5-13-24-22-23(28(4-2)36-30-19-12-10-17-27(30)34-32(24)36)20-21-31-33-26-16-9-11-18-29(26)35(31)25-14-7-6-8-15-25/h3-23,28H,1-2H2/b13-5-,21-20+. The maximum atomic E-state index is 4.96. The van der Waals surface area contributed by atoms with Crippen molar-refractivity contribution in [3.05, 3.63) is 140 Å². The fraction of sp³-hybridized carbons (Fsp3) is 0.0625. The van der Waals surface area contributed by atoms with Crippen molar-refractivity contribution >= 4 is 33.7 Å². The summed E-state index contributed by atoms with van der Waals surface area (Å²) in [7, 11) is 0. The first-order valence-electron chi connectivity index (χ1n) is 12.1. The van der Waals surface area contributed by atoms with Crippen molar-refractivity contribution in [1.29, 1.82) is 0 Å². The van der Waals surface area contributed by atoms with Crippen molar-refractivity contribution in [3.63, 3.8) is 0 Å². The highest BCUT2D eigenvalue weighted by Gasteiger charge is 2.28. The second-order valence-corrected chi connectivity index (χ2v) is 8.80. The van der Waals surface area contributed by atoms with Crippen LogP contribution in [-0.2, 0) is 0 Å². The fourth-order valence-electron chi connectivity index (χ4n) is 5.04. The van der Waals surface area contributed by atoms with Crippen LogP contribution in [0.15, 0.2) is 128 Å². The molecular weight excluding hydrogens is 440 g/mol. The fourth-order valence-corrected chi connectivity index (χ4v) is 5.04. The van der Waals surface area contributed by atoms with Gasteiger partial charge in [-0.2, -0.15) is 0 Å². The van der Waals surface area contributed by atoms with Gasteiger partial charge in [-0.15, -0.1) is 6.58 Å². The summed E-state index contributed by atoms with van der Waals surface area (Å²) >= 11 is 0. The predicted molar refractivity (Wildman–Crippen MR) is 150 cm³/mol. The number of para-hydroxylation sites is 5. The minimum absolute atomic E-state index is 0.0269. The Hall–Kier alpha value is -4.70. The van der Waals surface area contributed by atoms with Crippen LogP contribution in [0.1, 0.15) is 17.7 Å². The van der Waals surface area contributed by atoms with E-state index in [1.165, 1.54) is 0 Å². The first kappa shape index (κ1) is 21.8. The van der Waals surface area contributed by atoms with Crippen LogP contribution in [0.2, 0.25) is 0 Å². The van der Waals surface area contributed by atoms with Gasteiger partial charge in [0, 0.05) is 17.2 Å². The molecule has 5 aromatic rings. The summed E-state index contributed by atoms with van der Waals surface area (Å²) in [4.78, 5) is 9.90. The van der Waals surface area contributed by atoms with E-state index in [1.807, 2.05) is 30.4 Å². The Kier molecular flexibility index (Phi) is 5.55. The molecular formula is C32H26N4.